The van der Waals surface area contributed by atoms with E-state index in [1.54, 1.807) is 0 Å². The molecule has 0 aliphatic heterocycles. The summed E-state index contributed by atoms with van der Waals surface area (Å²) in [4.78, 5) is 0. The third-order valence-corrected chi connectivity index (χ3v) is 4.21. The average Bonchev–Trinajstić information content (AvgIpc) is 2.75. The van der Waals surface area contributed by atoms with Crippen molar-refractivity contribution >= 4 is 27.5 Å². The lowest BCUT2D eigenvalue weighted by atomic mass is 10.1. The van der Waals surface area contributed by atoms with Crippen molar-refractivity contribution in [2.24, 2.45) is 11.7 Å². The van der Waals surface area contributed by atoms with Gasteiger partial charge in [0.25, 0.3) is 0 Å². The quantitative estimate of drug-likeness (QED) is 0.917. The molecule has 2 unspecified atom stereocenters. The van der Waals surface area contributed by atoms with Crippen LogP contribution in [0.3, 0.4) is 0 Å². The topological polar surface area (TPSA) is 35.2 Å². The summed E-state index contributed by atoms with van der Waals surface area (Å²) in [6.07, 6.45) is 3.84. The van der Waals surface area contributed by atoms with Gasteiger partial charge in [-0.1, -0.05) is 40.0 Å². The summed E-state index contributed by atoms with van der Waals surface area (Å²) in [5.41, 5.74) is 6.77. The molecule has 0 aromatic heterocycles. The highest BCUT2D eigenvalue weighted by molar-refractivity contribution is 9.10. The highest BCUT2D eigenvalue weighted by atomic mass is 79.9. The second-order valence-corrected chi connectivity index (χ2v) is 5.83. The lowest BCUT2D eigenvalue weighted by Crippen LogP contribution is -2.25. The molecule has 2 rings (SSSR count). The summed E-state index contributed by atoms with van der Waals surface area (Å²) in [5, 5.41) is 0.752. The van der Waals surface area contributed by atoms with Crippen LogP contribution in [0.5, 0.6) is 0 Å². The largest absolute Gasteiger partial charge is 0.373 e. The molecular formula is C13H17BrClNO. The third kappa shape index (κ3) is 3.44. The zero-order valence-corrected chi connectivity index (χ0v) is 12.0. The molecule has 17 heavy (non-hydrogen) atoms. The number of rotatable bonds is 4. The molecule has 1 fully saturated rings. The number of ether oxygens (including phenoxy) is 1. The van der Waals surface area contributed by atoms with Gasteiger partial charge in [0.2, 0.25) is 0 Å². The molecule has 0 heterocycles. The summed E-state index contributed by atoms with van der Waals surface area (Å²) in [7, 11) is 0. The van der Waals surface area contributed by atoms with E-state index >= 15 is 0 Å². The molecule has 0 radical (unpaired) electrons. The fourth-order valence-electron chi connectivity index (χ4n) is 2.33. The van der Waals surface area contributed by atoms with Crippen LogP contribution in [0, 0.1) is 5.92 Å². The van der Waals surface area contributed by atoms with E-state index < -0.39 is 0 Å². The molecule has 1 aromatic rings. The molecule has 0 saturated heterocycles. The maximum absolute atomic E-state index is 6.15. The van der Waals surface area contributed by atoms with Gasteiger partial charge in [0.15, 0.2) is 0 Å². The summed E-state index contributed by atoms with van der Waals surface area (Å²) in [6.45, 7) is 1.30. The smallest absolute Gasteiger partial charge is 0.0735 e. The first-order valence-electron chi connectivity index (χ1n) is 5.96. The van der Waals surface area contributed by atoms with E-state index in [1.165, 1.54) is 12.8 Å². The van der Waals surface area contributed by atoms with Gasteiger partial charge in [-0.15, -0.1) is 0 Å². The molecule has 1 aliphatic rings. The molecule has 1 aromatic carbocycles. The predicted octanol–water partition coefficient (Wildman–Crippen LogP) is 3.75. The summed E-state index contributed by atoms with van der Waals surface area (Å²) < 4.78 is 6.93. The summed E-state index contributed by atoms with van der Waals surface area (Å²) in [6, 6.07) is 5.88. The first-order chi connectivity index (χ1) is 8.20. The van der Waals surface area contributed by atoms with Crippen molar-refractivity contribution in [1.29, 1.82) is 0 Å². The Labute approximate surface area is 116 Å². The van der Waals surface area contributed by atoms with E-state index in [0.29, 0.717) is 18.6 Å². The van der Waals surface area contributed by atoms with Crippen LogP contribution in [0.2, 0.25) is 5.02 Å². The fraction of sp³-hybridized carbons (Fsp3) is 0.538. The maximum atomic E-state index is 6.15. The highest BCUT2D eigenvalue weighted by Gasteiger charge is 2.26. The Hall–Kier alpha value is -0.0900. The van der Waals surface area contributed by atoms with Gasteiger partial charge in [0.05, 0.1) is 12.7 Å². The van der Waals surface area contributed by atoms with Gasteiger partial charge in [-0.25, -0.2) is 0 Å². The lowest BCUT2D eigenvalue weighted by molar-refractivity contribution is 0.0183. The molecule has 2 nitrogen and oxygen atoms in total. The van der Waals surface area contributed by atoms with E-state index in [4.69, 9.17) is 22.1 Å². The van der Waals surface area contributed by atoms with Gasteiger partial charge in [-0.05, 0) is 43.0 Å². The van der Waals surface area contributed by atoms with Crippen LogP contribution in [0.15, 0.2) is 22.7 Å². The maximum Gasteiger partial charge on any atom is 0.0735 e. The molecule has 0 bridgehead atoms. The van der Waals surface area contributed by atoms with Crippen molar-refractivity contribution < 1.29 is 4.74 Å². The Balaban J connectivity index is 1.93. The van der Waals surface area contributed by atoms with Gasteiger partial charge < -0.3 is 10.5 Å². The van der Waals surface area contributed by atoms with E-state index in [9.17, 15) is 0 Å². The molecule has 2 N–H and O–H groups in total. The minimum absolute atomic E-state index is 0.305. The fourth-order valence-corrected chi connectivity index (χ4v) is 3.06. The van der Waals surface area contributed by atoms with Crippen molar-refractivity contribution in [3.8, 4) is 0 Å². The van der Waals surface area contributed by atoms with Crippen molar-refractivity contribution in [3.63, 3.8) is 0 Å². The van der Waals surface area contributed by atoms with E-state index in [1.807, 2.05) is 18.2 Å². The minimum Gasteiger partial charge on any atom is -0.373 e. The van der Waals surface area contributed by atoms with Crippen molar-refractivity contribution in [1.82, 2.24) is 0 Å². The lowest BCUT2D eigenvalue weighted by Gasteiger charge is -2.19. The number of nitrogens with two attached hydrogens (primary N) is 1. The SMILES string of the molecule is NCC1CCCC1OCc1ccc(Br)cc1Cl. The number of hydrogen-bond acceptors (Lipinski definition) is 2. The first-order valence-corrected chi connectivity index (χ1v) is 7.13. The van der Waals surface area contributed by atoms with Crippen LogP contribution in [0.25, 0.3) is 0 Å². The van der Waals surface area contributed by atoms with E-state index in [-0.39, 0.29) is 0 Å². The van der Waals surface area contributed by atoms with Gasteiger partial charge in [0, 0.05) is 9.50 Å². The molecule has 0 spiro atoms. The van der Waals surface area contributed by atoms with E-state index in [2.05, 4.69) is 15.9 Å². The van der Waals surface area contributed by atoms with Crippen molar-refractivity contribution in [2.45, 2.75) is 32.0 Å². The minimum atomic E-state index is 0.305. The Morgan fingerprint density at radius 3 is 2.94 bits per heavy atom. The molecular weight excluding hydrogens is 302 g/mol. The predicted molar refractivity (Wildman–Crippen MR) is 74.1 cm³/mol. The monoisotopic (exact) mass is 317 g/mol. The Morgan fingerprint density at radius 2 is 2.24 bits per heavy atom. The molecule has 4 heteroatoms. The van der Waals surface area contributed by atoms with Gasteiger partial charge >= 0.3 is 0 Å². The van der Waals surface area contributed by atoms with Gasteiger partial charge in [-0.2, -0.15) is 0 Å². The van der Waals surface area contributed by atoms with Crippen molar-refractivity contribution in [2.75, 3.05) is 6.54 Å². The van der Waals surface area contributed by atoms with Crippen LogP contribution in [-0.2, 0) is 11.3 Å². The van der Waals surface area contributed by atoms with Crippen LogP contribution >= 0.6 is 27.5 Å². The van der Waals surface area contributed by atoms with Crippen LogP contribution in [-0.4, -0.2) is 12.6 Å². The Bertz CT molecular complexity index is 386. The van der Waals surface area contributed by atoms with E-state index in [0.717, 1.165) is 28.0 Å². The second kappa shape index (κ2) is 6.19. The zero-order chi connectivity index (χ0) is 12.3. The van der Waals surface area contributed by atoms with Crippen molar-refractivity contribution in [3.05, 3.63) is 33.3 Å². The van der Waals surface area contributed by atoms with Crippen LogP contribution in [0.4, 0.5) is 0 Å². The van der Waals surface area contributed by atoms with Crippen LogP contribution in [0.1, 0.15) is 24.8 Å². The molecule has 94 valence electrons. The summed E-state index contributed by atoms with van der Waals surface area (Å²) in [5.74, 6) is 0.518. The standard InChI is InChI=1S/C13H17BrClNO/c14-11-5-4-10(12(15)6-11)8-17-13-3-1-2-9(13)7-16/h4-6,9,13H,1-3,7-8,16H2. The second-order valence-electron chi connectivity index (χ2n) is 4.51. The average molecular weight is 319 g/mol. The zero-order valence-electron chi connectivity index (χ0n) is 9.66. The number of hydrogen-bond donors (Lipinski definition) is 1. The Morgan fingerprint density at radius 1 is 1.41 bits per heavy atom. The third-order valence-electron chi connectivity index (χ3n) is 3.36. The van der Waals surface area contributed by atoms with Gasteiger partial charge in [0.1, 0.15) is 0 Å². The summed E-state index contributed by atoms with van der Waals surface area (Å²) >= 11 is 9.54. The first kappa shape index (κ1) is 13.3. The molecule has 2 atom stereocenters. The van der Waals surface area contributed by atoms with Gasteiger partial charge in [-0.3, -0.25) is 0 Å². The van der Waals surface area contributed by atoms with Crippen LogP contribution < -0.4 is 5.73 Å². The molecule has 0 amide bonds. The number of halogens is 2. The normalized spacial score (nSPS) is 24.2. The highest BCUT2D eigenvalue weighted by Crippen LogP contribution is 2.29. The Kier molecular flexibility index (Phi) is 4.86. The molecule has 1 aliphatic carbocycles. The number of benzene rings is 1. The molecule has 1 saturated carbocycles.